The van der Waals surface area contributed by atoms with E-state index < -0.39 is 11.4 Å². The van der Waals surface area contributed by atoms with Crippen molar-refractivity contribution in [3.63, 3.8) is 0 Å². The molecule has 2 aromatic heterocycles. The standard InChI is InChI=1S/C19H19N3O3/c1-19(2,3)16-10-22-17(11-6-4-5-7-13(11)20-22)14-8-15(23)12(18(24)25)9-21(14)16/h4-9,16H,10H2,1-3H3,(H,24,25). The number of carboxylic acids is 1. The Balaban J connectivity index is 2.09. The number of benzene rings is 1. The lowest BCUT2D eigenvalue weighted by atomic mass is 9.85. The molecule has 1 unspecified atom stereocenters. The molecule has 128 valence electrons. The first-order valence-corrected chi connectivity index (χ1v) is 8.23. The van der Waals surface area contributed by atoms with Crippen LogP contribution in [-0.2, 0) is 6.54 Å². The highest BCUT2D eigenvalue weighted by atomic mass is 16.4. The number of carboxylic acid groups (broad SMARTS) is 1. The molecule has 1 atom stereocenters. The van der Waals surface area contributed by atoms with Gasteiger partial charge in [-0.2, -0.15) is 5.10 Å². The van der Waals surface area contributed by atoms with Gasteiger partial charge in [-0.05, 0) is 11.5 Å². The van der Waals surface area contributed by atoms with Crippen molar-refractivity contribution in [3.05, 3.63) is 52.3 Å². The fourth-order valence-electron chi connectivity index (χ4n) is 3.58. The number of pyridine rings is 1. The lowest BCUT2D eigenvalue weighted by Crippen LogP contribution is -2.35. The van der Waals surface area contributed by atoms with E-state index in [1.165, 1.54) is 12.3 Å². The molecular formula is C19H19N3O3. The summed E-state index contributed by atoms with van der Waals surface area (Å²) in [7, 11) is 0. The van der Waals surface area contributed by atoms with Crippen molar-refractivity contribution in [2.24, 2.45) is 5.41 Å². The van der Waals surface area contributed by atoms with Gasteiger partial charge in [0.15, 0.2) is 5.43 Å². The minimum atomic E-state index is -1.20. The van der Waals surface area contributed by atoms with Crippen LogP contribution in [0.25, 0.3) is 22.3 Å². The summed E-state index contributed by atoms with van der Waals surface area (Å²) in [4.78, 5) is 23.8. The maximum Gasteiger partial charge on any atom is 0.341 e. The van der Waals surface area contributed by atoms with Gasteiger partial charge in [-0.3, -0.25) is 9.48 Å². The van der Waals surface area contributed by atoms with E-state index >= 15 is 0 Å². The zero-order valence-electron chi connectivity index (χ0n) is 14.4. The van der Waals surface area contributed by atoms with E-state index in [0.29, 0.717) is 6.54 Å². The molecule has 0 saturated heterocycles. The maximum absolute atomic E-state index is 12.3. The number of rotatable bonds is 1. The normalized spacial score (nSPS) is 16.5. The van der Waals surface area contributed by atoms with Crippen LogP contribution < -0.4 is 5.43 Å². The summed E-state index contributed by atoms with van der Waals surface area (Å²) in [6.07, 6.45) is 1.49. The molecule has 6 heteroatoms. The number of aromatic carboxylic acids is 1. The zero-order chi connectivity index (χ0) is 17.9. The van der Waals surface area contributed by atoms with Crippen molar-refractivity contribution in [3.8, 4) is 11.4 Å². The second kappa shape index (κ2) is 5.05. The van der Waals surface area contributed by atoms with Crippen LogP contribution in [0.4, 0.5) is 0 Å². The molecule has 0 saturated carbocycles. The SMILES string of the molecule is CC(C)(C)C1Cn2nc3ccccc3c2-c2cc(=O)c(C(=O)O)cn21. The van der Waals surface area contributed by atoms with Crippen LogP contribution in [0.1, 0.15) is 37.2 Å². The molecule has 1 aromatic carbocycles. The molecule has 0 amide bonds. The minimum absolute atomic E-state index is 0.0111. The maximum atomic E-state index is 12.3. The lowest BCUT2D eigenvalue weighted by Gasteiger charge is -2.38. The molecular weight excluding hydrogens is 318 g/mol. The van der Waals surface area contributed by atoms with Crippen molar-refractivity contribution in [1.29, 1.82) is 0 Å². The van der Waals surface area contributed by atoms with Crippen LogP contribution in [0.5, 0.6) is 0 Å². The van der Waals surface area contributed by atoms with Crippen LogP contribution in [0.15, 0.2) is 41.3 Å². The van der Waals surface area contributed by atoms with Gasteiger partial charge < -0.3 is 9.67 Å². The van der Waals surface area contributed by atoms with Crippen molar-refractivity contribution in [2.45, 2.75) is 33.4 Å². The molecule has 1 aliphatic heterocycles. The van der Waals surface area contributed by atoms with Crippen LogP contribution >= 0.6 is 0 Å². The molecule has 1 N–H and O–H groups in total. The van der Waals surface area contributed by atoms with Crippen molar-refractivity contribution < 1.29 is 9.90 Å². The third kappa shape index (κ3) is 2.28. The second-order valence-electron chi connectivity index (χ2n) is 7.58. The number of aromatic nitrogens is 3. The van der Waals surface area contributed by atoms with Gasteiger partial charge in [-0.15, -0.1) is 0 Å². The summed E-state index contributed by atoms with van der Waals surface area (Å²) < 4.78 is 3.88. The van der Waals surface area contributed by atoms with Gasteiger partial charge in [0.25, 0.3) is 0 Å². The molecule has 25 heavy (non-hydrogen) atoms. The number of hydrogen-bond acceptors (Lipinski definition) is 3. The monoisotopic (exact) mass is 337 g/mol. The third-order valence-corrected chi connectivity index (χ3v) is 4.88. The number of nitrogens with zero attached hydrogens (tertiary/aromatic N) is 3. The highest BCUT2D eigenvalue weighted by Gasteiger charge is 2.35. The van der Waals surface area contributed by atoms with E-state index in [2.05, 4.69) is 25.9 Å². The first kappa shape index (κ1) is 15.6. The molecule has 0 radical (unpaired) electrons. The quantitative estimate of drug-likeness (QED) is 0.740. The van der Waals surface area contributed by atoms with Gasteiger partial charge in [0, 0.05) is 17.6 Å². The van der Waals surface area contributed by atoms with Crippen molar-refractivity contribution in [2.75, 3.05) is 0 Å². The molecule has 3 aromatic rings. The van der Waals surface area contributed by atoms with Gasteiger partial charge in [-0.25, -0.2) is 4.79 Å². The summed E-state index contributed by atoms with van der Waals surface area (Å²) in [5.74, 6) is -1.20. The number of hydrogen-bond donors (Lipinski definition) is 1. The van der Waals surface area contributed by atoms with Crippen LogP contribution in [0.2, 0.25) is 0 Å². The van der Waals surface area contributed by atoms with Gasteiger partial charge in [0.1, 0.15) is 5.56 Å². The molecule has 6 nitrogen and oxygen atoms in total. The summed E-state index contributed by atoms with van der Waals surface area (Å²) >= 11 is 0. The first-order chi connectivity index (χ1) is 11.8. The predicted octanol–water partition coefficient (Wildman–Crippen LogP) is 3.16. The zero-order valence-corrected chi connectivity index (χ0v) is 14.4. The van der Waals surface area contributed by atoms with E-state index in [-0.39, 0.29) is 17.0 Å². The van der Waals surface area contributed by atoms with Crippen molar-refractivity contribution >= 4 is 16.9 Å². The van der Waals surface area contributed by atoms with E-state index in [1.807, 2.05) is 33.5 Å². The van der Waals surface area contributed by atoms with Crippen LogP contribution in [0, 0.1) is 5.41 Å². The van der Waals surface area contributed by atoms with Crippen molar-refractivity contribution in [1.82, 2.24) is 14.3 Å². The average molecular weight is 337 g/mol. The fraction of sp³-hybridized carbons (Fsp3) is 0.316. The van der Waals surface area contributed by atoms with E-state index in [9.17, 15) is 14.7 Å². The van der Waals surface area contributed by atoms with Gasteiger partial charge in [0.2, 0.25) is 0 Å². The van der Waals surface area contributed by atoms with E-state index in [4.69, 9.17) is 0 Å². The lowest BCUT2D eigenvalue weighted by molar-refractivity contribution is 0.0693. The minimum Gasteiger partial charge on any atom is -0.477 e. The Labute approximate surface area is 144 Å². The summed E-state index contributed by atoms with van der Waals surface area (Å²) in [5, 5.41) is 15.0. The molecule has 3 heterocycles. The topological polar surface area (TPSA) is 77.1 Å². The summed E-state index contributed by atoms with van der Waals surface area (Å²) in [6, 6.07) is 9.22. The number of fused-ring (bicyclic) bond motifs is 5. The summed E-state index contributed by atoms with van der Waals surface area (Å²) in [6.45, 7) is 6.94. The molecule has 0 fully saturated rings. The Morgan fingerprint density at radius 1 is 1.28 bits per heavy atom. The highest BCUT2D eigenvalue weighted by Crippen LogP contribution is 2.41. The molecule has 0 aliphatic carbocycles. The van der Waals surface area contributed by atoms with E-state index in [0.717, 1.165) is 22.3 Å². The van der Waals surface area contributed by atoms with Crippen LogP contribution in [-0.4, -0.2) is 25.4 Å². The Kier molecular flexibility index (Phi) is 3.16. The molecule has 1 aliphatic rings. The van der Waals surface area contributed by atoms with Gasteiger partial charge >= 0.3 is 5.97 Å². The average Bonchev–Trinajstić information content (AvgIpc) is 2.91. The summed E-state index contributed by atoms with van der Waals surface area (Å²) in [5.41, 5.74) is 1.64. The highest BCUT2D eigenvalue weighted by molar-refractivity contribution is 5.93. The Hall–Kier alpha value is -2.89. The molecule has 0 spiro atoms. The Morgan fingerprint density at radius 2 is 2.00 bits per heavy atom. The molecule has 4 rings (SSSR count). The Bertz CT molecular complexity index is 1070. The largest absolute Gasteiger partial charge is 0.477 e. The van der Waals surface area contributed by atoms with Gasteiger partial charge in [-0.1, -0.05) is 39.0 Å². The van der Waals surface area contributed by atoms with Crippen LogP contribution in [0.3, 0.4) is 0 Å². The predicted molar refractivity (Wildman–Crippen MR) is 94.9 cm³/mol. The fourth-order valence-corrected chi connectivity index (χ4v) is 3.58. The smallest absolute Gasteiger partial charge is 0.341 e. The third-order valence-electron chi connectivity index (χ3n) is 4.88. The second-order valence-corrected chi connectivity index (χ2v) is 7.58. The Morgan fingerprint density at radius 3 is 2.68 bits per heavy atom. The first-order valence-electron chi connectivity index (χ1n) is 8.23. The van der Waals surface area contributed by atoms with Gasteiger partial charge in [0.05, 0.1) is 29.5 Å². The molecule has 0 bridgehead atoms. The van der Waals surface area contributed by atoms with E-state index in [1.54, 1.807) is 0 Å². The number of carbonyl (C=O) groups is 1.